The molecule has 1 fully saturated rings. The predicted molar refractivity (Wildman–Crippen MR) is 65.6 cm³/mol. The van der Waals surface area contributed by atoms with Crippen LogP contribution in [0.4, 0.5) is 0 Å². The summed E-state index contributed by atoms with van der Waals surface area (Å²) in [4.78, 5) is 24.9. The molecule has 0 spiro atoms. The van der Waals surface area contributed by atoms with Gasteiger partial charge in [0, 0.05) is 19.5 Å². The van der Waals surface area contributed by atoms with Gasteiger partial charge in [0.1, 0.15) is 0 Å². The van der Waals surface area contributed by atoms with Crippen LogP contribution >= 0.6 is 0 Å². The first-order valence-electron chi connectivity index (χ1n) is 6.34. The van der Waals surface area contributed by atoms with Gasteiger partial charge in [0.05, 0.1) is 5.41 Å². The Hall–Kier alpha value is -1.06. The number of carboxylic acid groups (broad SMARTS) is 1. The van der Waals surface area contributed by atoms with E-state index in [9.17, 15) is 9.59 Å². The van der Waals surface area contributed by atoms with Gasteiger partial charge in [0.2, 0.25) is 5.91 Å². The summed E-state index contributed by atoms with van der Waals surface area (Å²) >= 11 is 0. The summed E-state index contributed by atoms with van der Waals surface area (Å²) in [6.45, 7) is 6.96. The molecule has 1 amide bonds. The summed E-state index contributed by atoms with van der Waals surface area (Å²) < 4.78 is 0. The Morgan fingerprint density at radius 3 is 2.53 bits per heavy atom. The van der Waals surface area contributed by atoms with Gasteiger partial charge in [-0.3, -0.25) is 9.59 Å². The number of carboxylic acids is 1. The van der Waals surface area contributed by atoms with Crippen molar-refractivity contribution in [3.63, 3.8) is 0 Å². The van der Waals surface area contributed by atoms with Crippen LogP contribution in [-0.2, 0) is 9.59 Å². The lowest BCUT2D eigenvalue weighted by molar-refractivity contribution is -0.151. The molecule has 0 aromatic carbocycles. The molecule has 1 rings (SSSR count). The van der Waals surface area contributed by atoms with E-state index in [0.717, 1.165) is 32.4 Å². The van der Waals surface area contributed by atoms with Crippen molar-refractivity contribution < 1.29 is 14.7 Å². The lowest BCUT2D eigenvalue weighted by atomic mass is 9.89. The van der Waals surface area contributed by atoms with E-state index in [1.165, 1.54) is 0 Å². The van der Waals surface area contributed by atoms with Crippen LogP contribution in [0.2, 0.25) is 0 Å². The Bertz CT molecular complexity index is 299. The smallest absolute Gasteiger partial charge is 0.309 e. The SMILES string of the molecule is CC1CCCN(C(=O)CC(C)(C)C(=O)O)CC1. The first kappa shape index (κ1) is 14.0. The normalized spacial score (nSPS) is 22.1. The van der Waals surface area contributed by atoms with Gasteiger partial charge in [-0.2, -0.15) is 0 Å². The predicted octanol–water partition coefficient (Wildman–Crippen LogP) is 2.14. The van der Waals surface area contributed by atoms with Crippen LogP contribution < -0.4 is 0 Å². The van der Waals surface area contributed by atoms with Crippen molar-refractivity contribution in [1.82, 2.24) is 4.90 Å². The molecule has 0 bridgehead atoms. The molecule has 1 aliphatic heterocycles. The van der Waals surface area contributed by atoms with E-state index < -0.39 is 11.4 Å². The van der Waals surface area contributed by atoms with Crippen LogP contribution in [0.5, 0.6) is 0 Å². The van der Waals surface area contributed by atoms with E-state index in [-0.39, 0.29) is 12.3 Å². The molecule has 1 N–H and O–H groups in total. The van der Waals surface area contributed by atoms with E-state index in [1.807, 2.05) is 4.90 Å². The second kappa shape index (κ2) is 5.52. The molecular weight excluding hydrogens is 218 g/mol. The number of likely N-dealkylation sites (tertiary alicyclic amines) is 1. The zero-order valence-corrected chi connectivity index (χ0v) is 11.0. The van der Waals surface area contributed by atoms with Crippen LogP contribution in [-0.4, -0.2) is 35.0 Å². The fourth-order valence-corrected chi connectivity index (χ4v) is 2.08. The lowest BCUT2D eigenvalue weighted by Crippen LogP contribution is -2.37. The van der Waals surface area contributed by atoms with Crippen LogP contribution in [0, 0.1) is 11.3 Å². The summed E-state index contributed by atoms with van der Waals surface area (Å²) in [6.07, 6.45) is 3.31. The highest BCUT2D eigenvalue weighted by molar-refractivity contribution is 5.84. The first-order chi connectivity index (χ1) is 7.83. The Balaban J connectivity index is 2.55. The van der Waals surface area contributed by atoms with Crippen molar-refractivity contribution in [1.29, 1.82) is 0 Å². The molecule has 0 saturated carbocycles. The van der Waals surface area contributed by atoms with Crippen LogP contribution in [0.1, 0.15) is 46.5 Å². The number of amides is 1. The minimum Gasteiger partial charge on any atom is -0.481 e. The topological polar surface area (TPSA) is 57.6 Å². The van der Waals surface area contributed by atoms with Gasteiger partial charge in [-0.25, -0.2) is 0 Å². The Morgan fingerprint density at radius 2 is 1.94 bits per heavy atom. The summed E-state index contributed by atoms with van der Waals surface area (Å²) in [5.74, 6) is -0.263. The third-order valence-corrected chi connectivity index (χ3v) is 3.54. The molecular formula is C13H23NO3. The minimum atomic E-state index is -0.963. The minimum absolute atomic E-state index is 0.0218. The highest BCUT2D eigenvalue weighted by Crippen LogP contribution is 2.23. The van der Waals surface area contributed by atoms with E-state index >= 15 is 0 Å². The summed E-state index contributed by atoms with van der Waals surface area (Å²) in [5.41, 5.74) is -0.963. The van der Waals surface area contributed by atoms with E-state index in [4.69, 9.17) is 5.11 Å². The molecule has 4 nitrogen and oxygen atoms in total. The molecule has 98 valence electrons. The second-order valence-electron chi connectivity index (χ2n) is 5.78. The molecule has 1 aliphatic rings. The maximum Gasteiger partial charge on any atom is 0.309 e. The number of hydrogen-bond acceptors (Lipinski definition) is 2. The molecule has 1 saturated heterocycles. The monoisotopic (exact) mass is 241 g/mol. The van der Waals surface area contributed by atoms with Crippen molar-refractivity contribution in [2.45, 2.75) is 46.5 Å². The van der Waals surface area contributed by atoms with Gasteiger partial charge in [-0.05, 0) is 39.0 Å². The van der Waals surface area contributed by atoms with Crippen LogP contribution in [0.25, 0.3) is 0 Å². The zero-order valence-electron chi connectivity index (χ0n) is 11.0. The fraction of sp³-hybridized carbons (Fsp3) is 0.846. The number of aliphatic carboxylic acids is 1. The maximum atomic E-state index is 12.0. The average molecular weight is 241 g/mol. The highest BCUT2D eigenvalue weighted by Gasteiger charge is 2.32. The maximum absolute atomic E-state index is 12.0. The lowest BCUT2D eigenvalue weighted by Gasteiger charge is -2.25. The summed E-state index contributed by atoms with van der Waals surface area (Å²) in [5, 5.41) is 9.02. The fourth-order valence-electron chi connectivity index (χ4n) is 2.08. The van der Waals surface area contributed by atoms with Gasteiger partial charge in [-0.15, -0.1) is 0 Å². The van der Waals surface area contributed by atoms with Crippen molar-refractivity contribution in [2.75, 3.05) is 13.1 Å². The second-order valence-corrected chi connectivity index (χ2v) is 5.78. The number of rotatable bonds is 3. The molecule has 1 unspecified atom stereocenters. The molecule has 4 heteroatoms. The van der Waals surface area contributed by atoms with Gasteiger partial charge in [0.25, 0.3) is 0 Å². The van der Waals surface area contributed by atoms with Gasteiger partial charge >= 0.3 is 5.97 Å². The molecule has 17 heavy (non-hydrogen) atoms. The number of carbonyl (C=O) groups excluding carboxylic acids is 1. The summed E-state index contributed by atoms with van der Waals surface area (Å²) in [7, 11) is 0. The van der Waals surface area contributed by atoms with E-state index in [2.05, 4.69) is 6.92 Å². The first-order valence-corrected chi connectivity index (χ1v) is 6.34. The number of hydrogen-bond donors (Lipinski definition) is 1. The number of nitrogens with zero attached hydrogens (tertiary/aromatic N) is 1. The Labute approximate surface area is 103 Å². The molecule has 0 radical (unpaired) electrons. The number of carbonyl (C=O) groups is 2. The van der Waals surface area contributed by atoms with Crippen LogP contribution in [0.3, 0.4) is 0 Å². The van der Waals surface area contributed by atoms with Crippen molar-refractivity contribution in [2.24, 2.45) is 11.3 Å². The molecule has 1 atom stereocenters. The van der Waals surface area contributed by atoms with Gasteiger partial charge in [0.15, 0.2) is 0 Å². The van der Waals surface area contributed by atoms with E-state index in [1.54, 1.807) is 13.8 Å². The third kappa shape index (κ3) is 4.02. The Kier molecular flexibility index (Phi) is 4.54. The molecule has 0 aromatic heterocycles. The molecule has 0 aromatic rings. The third-order valence-electron chi connectivity index (χ3n) is 3.54. The molecule has 1 heterocycles. The van der Waals surface area contributed by atoms with E-state index in [0.29, 0.717) is 5.92 Å². The Morgan fingerprint density at radius 1 is 1.29 bits per heavy atom. The molecule has 0 aliphatic carbocycles. The van der Waals surface area contributed by atoms with Crippen molar-refractivity contribution in [3.8, 4) is 0 Å². The quantitative estimate of drug-likeness (QED) is 0.823. The summed E-state index contributed by atoms with van der Waals surface area (Å²) in [6, 6.07) is 0. The van der Waals surface area contributed by atoms with Crippen LogP contribution in [0.15, 0.2) is 0 Å². The average Bonchev–Trinajstić information content (AvgIpc) is 2.42. The van der Waals surface area contributed by atoms with Gasteiger partial charge in [-0.1, -0.05) is 6.92 Å². The zero-order chi connectivity index (χ0) is 13.1. The standard InChI is InChI=1S/C13H23NO3/c1-10-5-4-7-14(8-6-10)11(15)9-13(2,3)12(16)17/h10H,4-9H2,1-3H3,(H,16,17). The van der Waals surface area contributed by atoms with Crippen molar-refractivity contribution in [3.05, 3.63) is 0 Å². The van der Waals surface area contributed by atoms with Gasteiger partial charge < -0.3 is 10.0 Å². The highest BCUT2D eigenvalue weighted by atomic mass is 16.4. The van der Waals surface area contributed by atoms with Crippen molar-refractivity contribution >= 4 is 11.9 Å². The largest absolute Gasteiger partial charge is 0.481 e.